The number of fused-ring (bicyclic) bond motifs is 3. The maximum Gasteiger partial charge on any atom is 0.244 e. The molecule has 234 valence electrons. The van der Waals surface area contributed by atoms with Gasteiger partial charge >= 0.3 is 0 Å². The van der Waals surface area contributed by atoms with Crippen LogP contribution in [0.2, 0.25) is 10.0 Å². The van der Waals surface area contributed by atoms with E-state index < -0.39 is 59.6 Å². The molecule has 2 spiro atoms. The summed E-state index contributed by atoms with van der Waals surface area (Å²) in [5.41, 5.74) is -3.08. The summed E-state index contributed by atoms with van der Waals surface area (Å²) in [6.07, 6.45) is 0.525. The van der Waals surface area contributed by atoms with Crippen molar-refractivity contribution in [2.45, 2.75) is 67.0 Å². The maximum atomic E-state index is 16.0. The Balaban J connectivity index is 1.31. The smallest absolute Gasteiger partial charge is 0.244 e. The predicted octanol–water partition coefficient (Wildman–Crippen LogP) is 4.75. The lowest BCUT2D eigenvalue weighted by molar-refractivity contribution is -0.131. The SMILES string of the molecule is O=C1Nc2cc(Cl)ccc2[C@@]12[C@@H](c1cccc(Cl)c1F)[C@H](C(O)N[C@@H]1CC[C@@H](c3nnco3)OC1)NC21CC(CF)(CF)C1. The first-order chi connectivity index (χ1) is 21.2. The molecule has 44 heavy (non-hydrogen) atoms. The summed E-state index contributed by atoms with van der Waals surface area (Å²) in [4.78, 5) is 14.4. The Hall–Kier alpha value is -2.74. The lowest BCUT2D eigenvalue weighted by Gasteiger charge is -2.59. The first-order valence-electron chi connectivity index (χ1n) is 14.4. The van der Waals surface area contributed by atoms with Crippen LogP contribution in [-0.4, -0.2) is 65.0 Å². The molecule has 9 nitrogen and oxygen atoms in total. The van der Waals surface area contributed by atoms with Gasteiger partial charge in [0.05, 0.1) is 31.0 Å². The second-order valence-corrected chi connectivity index (χ2v) is 13.3. The number of benzene rings is 2. The molecule has 14 heteroatoms. The fourth-order valence-electron chi connectivity index (χ4n) is 8.20. The number of ether oxygens (including phenoxy) is 1. The fraction of sp³-hybridized carbons (Fsp3) is 0.500. The Morgan fingerprint density at radius 3 is 2.64 bits per heavy atom. The molecule has 3 fully saturated rings. The van der Waals surface area contributed by atoms with Crippen LogP contribution in [0.4, 0.5) is 18.9 Å². The van der Waals surface area contributed by atoms with E-state index >= 15 is 4.39 Å². The zero-order valence-corrected chi connectivity index (χ0v) is 24.8. The van der Waals surface area contributed by atoms with Gasteiger partial charge in [-0.1, -0.05) is 41.4 Å². The number of anilines is 1. The first-order valence-corrected chi connectivity index (χ1v) is 15.2. The molecule has 0 bridgehead atoms. The summed E-state index contributed by atoms with van der Waals surface area (Å²) in [6.45, 7) is -1.65. The number of hydrogen-bond donors (Lipinski definition) is 4. The molecule has 2 aromatic carbocycles. The van der Waals surface area contributed by atoms with Crippen molar-refractivity contribution in [1.29, 1.82) is 0 Å². The third kappa shape index (κ3) is 4.33. The van der Waals surface area contributed by atoms with Crippen molar-refractivity contribution < 1.29 is 32.2 Å². The van der Waals surface area contributed by atoms with Gasteiger partial charge in [-0.2, -0.15) is 0 Å². The molecule has 4 aliphatic rings. The van der Waals surface area contributed by atoms with Crippen molar-refractivity contribution in [2.75, 3.05) is 25.3 Å². The molecular formula is C30H30Cl2F3N5O4. The van der Waals surface area contributed by atoms with Crippen LogP contribution in [0.15, 0.2) is 47.2 Å². The van der Waals surface area contributed by atoms with Crippen LogP contribution in [-0.2, 0) is 14.9 Å². The van der Waals surface area contributed by atoms with Gasteiger partial charge in [-0.3, -0.25) is 18.9 Å². The summed E-state index contributed by atoms with van der Waals surface area (Å²) >= 11 is 12.6. The summed E-state index contributed by atoms with van der Waals surface area (Å²) in [5.74, 6) is -1.90. The van der Waals surface area contributed by atoms with E-state index in [1.165, 1.54) is 18.5 Å². The third-order valence-corrected chi connectivity index (χ3v) is 10.5. The number of aliphatic hydroxyl groups excluding tert-OH is 1. The Labute approximate surface area is 260 Å². The number of carbonyl (C=O) groups excluding carboxylic acids is 1. The highest BCUT2D eigenvalue weighted by Gasteiger charge is 2.77. The van der Waals surface area contributed by atoms with Gasteiger partial charge in [0, 0.05) is 33.6 Å². The standard InChI is InChI=1S/C30H30Cl2F3N5O4/c31-15-4-6-18-20(8-15)38-27(42)30(18)22(17-2-1-3-19(32)23(17)35)24(39-29(30)10-28(11-29,12-33)13-34)25(41)37-16-5-7-21(43-9-16)26-40-36-14-44-26/h1-4,6,8,14,16,21-22,24-25,37,39,41H,5,7,9-13H2,(H,38,42)/t16-,21+,22+,24-,25?,30-/m1/s1. The average molecular weight is 653 g/mol. The number of nitrogens with one attached hydrogen (secondary N) is 3. The second kappa shape index (κ2) is 11.0. The first kappa shape index (κ1) is 29.9. The summed E-state index contributed by atoms with van der Waals surface area (Å²) in [6, 6.07) is 8.12. The van der Waals surface area contributed by atoms with Crippen molar-refractivity contribution in [3.05, 3.63) is 75.7 Å². The minimum absolute atomic E-state index is 0.0528. The largest absolute Gasteiger partial charge is 0.425 e. The number of hydrogen-bond acceptors (Lipinski definition) is 8. The summed E-state index contributed by atoms with van der Waals surface area (Å²) in [7, 11) is 0. The van der Waals surface area contributed by atoms with Gasteiger partial charge in [0.15, 0.2) is 0 Å². The number of rotatable bonds is 7. The third-order valence-electron chi connectivity index (χ3n) is 9.95. The van der Waals surface area contributed by atoms with E-state index in [2.05, 4.69) is 26.1 Å². The van der Waals surface area contributed by atoms with Crippen LogP contribution in [0.1, 0.15) is 54.7 Å². The number of aromatic nitrogens is 2. The van der Waals surface area contributed by atoms with Crippen molar-refractivity contribution >= 4 is 34.8 Å². The molecule has 1 unspecified atom stereocenters. The molecule has 1 saturated carbocycles. The van der Waals surface area contributed by atoms with E-state index in [1.807, 2.05) is 0 Å². The van der Waals surface area contributed by atoms with E-state index in [1.54, 1.807) is 24.3 Å². The topological polar surface area (TPSA) is 122 Å². The highest BCUT2D eigenvalue weighted by molar-refractivity contribution is 6.31. The number of nitrogens with zero attached hydrogens (tertiary/aromatic N) is 2. The van der Waals surface area contributed by atoms with Crippen LogP contribution < -0.4 is 16.0 Å². The van der Waals surface area contributed by atoms with Gasteiger partial charge in [-0.05, 0) is 55.0 Å². The van der Waals surface area contributed by atoms with Crippen molar-refractivity contribution in [1.82, 2.24) is 20.8 Å². The van der Waals surface area contributed by atoms with Gasteiger partial charge in [-0.25, -0.2) is 4.39 Å². The van der Waals surface area contributed by atoms with E-state index in [4.69, 9.17) is 32.4 Å². The minimum Gasteiger partial charge on any atom is -0.425 e. The number of alkyl halides is 2. The maximum absolute atomic E-state index is 16.0. The van der Waals surface area contributed by atoms with E-state index in [0.29, 0.717) is 35.0 Å². The van der Waals surface area contributed by atoms with Gasteiger partial charge < -0.3 is 24.9 Å². The Kier molecular flexibility index (Phi) is 7.46. The van der Waals surface area contributed by atoms with E-state index in [9.17, 15) is 18.7 Å². The van der Waals surface area contributed by atoms with Crippen LogP contribution in [0.5, 0.6) is 0 Å². The zero-order chi connectivity index (χ0) is 30.9. The lowest BCUT2D eigenvalue weighted by atomic mass is 9.46. The molecule has 3 aromatic rings. The molecule has 4 N–H and O–H groups in total. The zero-order valence-electron chi connectivity index (χ0n) is 23.3. The number of halogens is 5. The highest BCUT2D eigenvalue weighted by atomic mass is 35.5. The summed E-state index contributed by atoms with van der Waals surface area (Å²) < 4.78 is 55.9. The normalized spacial score (nSPS) is 30.7. The highest BCUT2D eigenvalue weighted by Crippen LogP contribution is 2.68. The Morgan fingerprint density at radius 1 is 1.16 bits per heavy atom. The van der Waals surface area contributed by atoms with Crippen LogP contribution >= 0.6 is 23.2 Å². The van der Waals surface area contributed by atoms with Crippen LogP contribution in [0.3, 0.4) is 0 Å². The quantitative estimate of drug-likeness (QED) is 0.270. The van der Waals surface area contributed by atoms with Crippen LogP contribution in [0, 0.1) is 11.2 Å². The molecule has 0 radical (unpaired) electrons. The molecule has 7 rings (SSSR count). The Bertz CT molecular complexity index is 1560. The number of aliphatic hydroxyl groups is 1. The molecule has 4 heterocycles. The van der Waals surface area contributed by atoms with Gasteiger partial charge in [0.1, 0.15) is 23.6 Å². The van der Waals surface area contributed by atoms with Gasteiger partial charge in [0.25, 0.3) is 0 Å². The van der Waals surface area contributed by atoms with Gasteiger partial charge in [-0.15, -0.1) is 10.2 Å². The molecule has 2 saturated heterocycles. The molecule has 6 atom stereocenters. The number of carbonyl (C=O) groups is 1. The van der Waals surface area contributed by atoms with E-state index in [-0.39, 0.29) is 42.2 Å². The minimum atomic E-state index is -1.56. The average Bonchev–Trinajstić information content (AvgIpc) is 3.71. The van der Waals surface area contributed by atoms with Crippen molar-refractivity contribution in [3.63, 3.8) is 0 Å². The summed E-state index contributed by atoms with van der Waals surface area (Å²) in [5, 5.41) is 29.2. The monoisotopic (exact) mass is 651 g/mol. The molecule has 1 aliphatic carbocycles. The van der Waals surface area contributed by atoms with Crippen LogP contribution in [0.25, 0.3) is 0 Å². The fourth-order valence-corrected chi connectivity index (χ4v) is 8.56. The molecule has 3 aliphatic heterocycles. The van der Waals surface area contributed by atoms with Crippen molar-refractivity contribution in [3.8, 4) is 0 Å². The molecular weight excluding hydrogens is 622 g/mol. The lowest BCUT2D eigenvalue weighted by Crippen LogP contribution is -2.70. The predicted molar refractivity (Wildman–Crippen MR) is 154 cm³/mol. The molecule has 1 aromatic heterocycles. The Morgan fingerprint density at radius 2 is 1.95 bits per heavy atom. The van der Waals surface area contributed by atoms with E-state index in [0.717, 1.165) is 0 Å². The molecule has 1 amide bonds. The van der Waals surface area contributed by atoms with Crippen molar-refractivity contribution in [2.24, 2.45) is 5.41 Å². The van der Waals surface area contributed by atoms with Gasteiger partial charge in [0.2, 0.25) is 18.2 Å². The second-order valence-electron chi connectivity index (χ2n) is 12.4. The number of amides is 1.